The van der Waals surface area contributed by atoms with Crippen molar-refractivity contribution in [3.63, 3.8) is 0 Å². The number of benzene rings is 1. The second-order valence-electron chi connectivity index (χ2n) is 4.67. The first kappa shape index (κ1) is 15.3. The fourth-order valence-electron chi connectivity index (χ4n) is 2.28. The summed E-state index contributed by atoms with van der Waals surface area (Å²) in [5.74, 6) is 0.202. The number of fused-ring (bicyclic) bond motifs is 1. The highest BCUT2D eigenvalue weighted by Gasteiger charge is 2.25. The highest BCUT2D eigenvalue weighted by molar-refractivity contribution is 6.20. The predicted octanol–water partition coefficient (Wildman–Crippen LogP) is 3.33. The van der Waals surface area contributed by atoms with Crippen LogP contribution in [0.25, 0.3) is 11.0 Å². The van der Waals surface area contributed by atoms with E-state index in [2.05, 4.69) is 11.1 Å². The van der Waals surface area contributed by atoms with E-state index < -0.39 is 6.04 Å². The van der Waals surface area contributed by atoms with Crippen LogP contribution in [0, 0.1) is 11.3 Å². The van der Waals surface area contributed by atoms with Gasteiger partial charge in [0.25, 0.3) is 0 Å². The number of ether oxygens (including phenoxy) is 1. The smallest absolute Gasteiger partial charge is 0.328 e. The van der Waals surface area contributed by atoms with Crippen LogP contribution in [0.3, 0.4) is 0 Å². The van der Waals surface area contributed by atoms with Crippen LogP contribution in [0.2, 0.25) is 0 Å². The highest BCUT2D eigenvalue weighted by Crippen LogP contribution is 2.29. The van der Waals surface area contributed by atoms with Crippen LogP contribution in [0.15, 0.2) is 18.2 Å². The molecule has 2 rings (SSSR count). The van der Waals surface area contributed by atoms with E-state index in [0.717, 1.165) is 0 Å². The average molecular weight is 306 g/mol. The zero-order valence-electron chi connectivity index (χ0n) is 12.1. The average Bonchev–Trinajstić information content (AvgIpc) is 2.86. The summed E-state index contributed by atoms with van der Waals surface area (Å²) in [7, 11) is 0. The van der Waals surface area contributed by atoms with Gasteiger partial charge in [-0.25, -0.2) is 9.78 Å². The largest absolute Gasteiger partial charge is 0.464 e. The van der Waals surface area contributed by atoms with Gasteiger partial charge in [-0.1, -0.05) is 6.07 Å². The molecule has 21 heavy (non-hydrogen) atoms. The molecule has 1 heterocycles. The molecule has 2 atom stereocenters. The Bertz CT molecular complexity index is 716. The SMILES string of the molecule is CCOC(=O)C(C)n1c(C(C)Cl)nc2c(C#N)cccc21. The quantitative estimate of drug-likeness (QED) is 0.642. The molecular weight excluding hydrogens is 290 g/mol. The first-order valence-electron chi connectivity index (χ1n) is 6.72. The van der Waals surface area contributed by atoms with Gasteiger partial charge in [0.2, 0.25) is 0 Å². The Balaban J connectivity index is 2.68. The van der Waals surface area contributed by atoms with Crippen LogP contribution in [0.5, 0.6) is 0 Å². The molecule has 2 aromatic rings. The number of carbonyl (C=O) groups is 1. The van der Waals surface area contributed by atoms with E-state index in [9.17, 15) is 10.1 Å². The zero-order valence-corrected chi connectivity index (χ0v) is 12.9. The Kier molecular flexibility index (Phi) is 4.49. The van der Waals surface area contributed by atoms with Crippen molar-refractivity contribution in [1.29, 1.82) is 5.26 Å². The maximum absolute atomic E-state index is 12.0. The van der Waals surface area contributed by atoms with Crippen molar-refractivity contribution in [2.45, 2.75) is 32.2 Å². The van der Waals surface area contributed by atoms with E-state index >= 15 is 0 Å². The van der Waals surface area contributed by atoms with E-state index in [1.54, 1.807) is 37.5 Å². The number of nitrogens with zero attached hydrogens (tertiary/aromatic N) is 3. The summed E-state index contributed by atoms with van der Waals surface area (Å²) >= 11 is 6.18. The van der Waals surface area contributed by atoms with Gasteiger partial charge < -0.3 is 9.30 Å². The van der Waals surface area contributed by atoms with Gasteiger partial charge in [-0.2, -0.15) is 5.26 Å². The summed E-state index contributed by atoms with van der Waals surface area (Å²) in [5.41, 5.74) is 1.72. The second kappa shape index (κ2) is 6.15. The fraction of sp³-hybridized carbons (Fsp3) is 0.400. The number of hydrogen-bond donors (Lipinski definition) is 0. The van der Waals surface area contributed by atoms with Crippen molar-refractivity contribution in [1.82, 2.24) is 9.55 Å². The third-order valence-electron chi connectivity index (χ3n) is 3.24. The first-order valence-corrected chi connectivity index (χ1v) is 7.16. The number of esters is 1. The van der Waals surface area contributed by atoms with Crippen LogP contribution in [0.1, 0.15) is 43.6 Å². The number of nitriles is 1. The number of hydrogen-bond acceptors (Lipinski definition) is 4. The standard InChI is InChI=1S/C15H16ClN3O2/c1-4-21-15(20)10(3)19-12-7-5-6-11(8-17)13(12)18-14(19)9(2)16/h5-7,9-10H,4H2,1-3H3. The monoisotopic (exact) mass is 305 g/mol. The number of para-hydroxylation sites is 1. The molecule has 0 amide bonds. The molecule has 110 valence electrons. The Morgan fingerprint density at radius 3 is 2.81 bits per heavy atom. The van der Waals surface area contributed by atoms with Gasteiger partial charge in [0.1, 0.15) is 23.5 Å². The highest BCUT2D eigenvalue weighted by atomic mass is 35.5. The van der Waals surface area contributed by atoms with Gasteiger partial charge in [0, 0.05) is 0 Å². The maximum Gasteiger partial charge on any atom is 0.328 e. The van der Waals surface area contributed by atoms with Crippen LogP contribution in [0.4, 0.5) is 0 Å². The number of aromatic nitrogens is 2. The Labute approximate surface area is 128 Å². The maximum atomic E-state index is 12.0. The summed E-state index contributed by atoms with van der Waals surface area (Å²) in [6, 6.07) is 6.83. The van der Waals surface area contributed by atoms with Gasteiger partial charge in [-0.3, -0.25) is 0 Å². The van der Waals surface area contributed by atoms with E-state index in [-0.39, 0.29) is 11.3 Å². The lowest BCUT2D eigenvalue weighted by atomic mass is 10.2. The summed E-state index contributed by atoms with van der Waals surface area (Å²) in [6.07, 6.45) is 0. The lowest BCUT2D eigenvalue weighted by Gasteiger charge is -2.17. The third kappa shape index (κ3) is 2.72. The van der Waals surface area contributed by atoms with Gasteiger partial charge in [-0.15, -0.1) is 11.6 Å². The molecule has 0 aliphatic carbocycles. The molecule has 0 spiro atoms. The predicted molar refractivity (Wildman–Crippen MR) is 80.1 cm³/mol. The number of imidazole rings is 1. The number of carbonyl (C=O) groups excluding carboxylic acids is 1. The Hall–Kier alpha value is -2.06. The topological polar surface area (TPSA) is 67.9 Å². The normalized spacial score (nSPS) is 13.7. The van der Waals surface area contributed by atoms with Gasteiger partial charge >= 0.3 is 5.97 Å². The molecule has 0 aliphatic heterocycles. The minimum absolute atomic E-state index is 0.311. The van der Waals surface area contributed by atoms with E-state index in [4.69, 9.17) is 16.3 Å². The van der Waals surface area contributed by atoms with Crippen molar-refractivity contribution in [3.05, 3.63) is 29.6 Å². The molecule has 0 saturated heterocycles. The summed E-state index contributed by atoms with van der Waals surface area (Å²) in [4.78, 5) is 16.5. The van der Waals surface area contributed by atoms with Crippen molar-refractivity contribution in [2.24, 2.45) is 0 Å². The first-order chi connectivity index (χ1) is 10.0. The van der Waals surface area contributed by atoms with Crippen LogP contribution >= 0.6 is 11.6 Å². The summed E-state index contributed by atoms with van der Waals surface area (Å²) in [5, 5.41) is 8.79. The number of rotatable bonds is 4. The Morgan fingerprint density at radius 2 is 2.24 bits per heavy atom. The van der Waals surface area contributed by atoms with Crippen molar-refractivity contribution in [3.8, 4) is 6.07 Å². The fourth-order valence-corrected chi connectivity index (χ4v) is 2.44. The van der Waals surface area contributed by atoms with Gasteiger partial charge in [0.15, 0.2) is 0 Å². The second-order valence-corrected chi connectivity index (χ2v) is 5.32. The zero-order chi connectivity index (χ0) is 15.6. The van der Waals surface area contributed by atoms with E-state index in [1.165, 1.54) is 0 Å². The molecule has 0 N–H and O–H groups in total. The lowest BCUT2D eigenvalue weighted by molar-refractivity contribution is -0.146. The molecule has 0 bridgehead atoms. The molecule has 6 heteroatoms. The van der Waals surface area contributed by atoms with Crippen LogP contribution in [-0.2, 0) is 9.53 Å². The molecule has 0 fully saturated rings. The minimum Gasteiger partial charge on any atom is -0.464 e. The molecule has 5 nitrogen and oxygen atoms in total. The van der Waals surface area contributed by atoms with Crippen molar-refractivity contribution in [2.75, 3.05) is 6.61 Å². The molecule has 1 aromatic carbocycles. The summed E-state index contributed by atoms with van der Waals surface area (Å²) < 4.78 is 6.81. The molecule has 0 saturated carbocycles. The van der Waals surface area contributed by atoms with Crippen molar-refractivity contribution >= 4 is 28.6 Å². The number of halogens is 1. The molecule has 2 unspecified atom stereocenters. The van der Waals surface area contributed by atoms with Crippen LogP contribution < -0.4 is 0 Å². The number of alkyl halides is 1. The third-order valence-corrected chi connectivity index (χ3v) is 3.43. The van der Waals surface area contributed by atoms with Crippen LogP contribution in [-0.4, -0.2) is 22.1 Å². The minimum atomic E-state index is -0.555. The molecule has 1 aromatic heterocycles. The van der Waals surface area contributed by atoms with E-state index in [0.29, 0.717) is 29.0 Å². The summed E-state index contributed by atoms with van der Waals surface area (Å²) in [6.45, 7) is 5.59. The van der Waals surface area contributed by atoms with Crippen molar-refractivity contribution < 1.29 is 9.53 Å². The molecule has 0 radical (unpaired) electrons. The van der Waals surface area contributed by atoms with E-state index in [1.807, 2.05) is 6.07 Å². The van der Waals surface area contributed by atoms with Gasteiger partial charge in [-0.05, 0) is 32.9 Å². The van der Waals surface area contributed by atoms with Gasteiger partial charge in [0.05, 0.1) is 23.1 Å². The Morgan fingerprint density at radius 1 is 1.52 bits per heavy atom. The molecule has 0 aliphatic rings. The lowest BCUT2D eigenvalue weighted by Crippen LogP contribution is -2.21. The molecular formula is C15H16ClN3O2.